The number of anilines is 1. The summed E-state index contributed by atoms with van der Waals surface area (Å²) in [6.07, 6.45) is 3.56. The Morgan fingerprint density at radius 3 is 2.56 bits per heavy atom. The fraction of sp³-hybridized carbons (Fsp3) is 0.231. The largest absolute Gasteiger partial charge is 0.322 e. The van der Waals surface area contributed by atoms with Crippen LogP contribution in [0.1, 0.15) is 36.7 Å². The summed E-state index contributed by atoms with van der Waals surface area (Å²) in [6.45, 7) is 6.36. The van der Waals surface area contributed by atoms with Crippen molar-refractivity contribution >= 4 is 46.0 Å². The summed E-state index contributed by atoms with van der Waals surface area (Å²) < 4.78 is 1.48. The number of hydrogen-bond donors (Lipinski definition) is 1. The zero-order chi connectivity index (χ0) is 24.6. The molecule has 0 bridgehead atoms. The summed E-state index contributed by atoms with van der Waals surface area (Å²) in [7, 11) is 1.66. The SMILES string of the molecule is CSc1ncc2cc(-c3cc(C(=O)Nc4cccc(C(C)(C)C)c4)ccc3Cl)c(=O)n(C)c2n1. The molecular weight excluding hydrogens is 468 g/mol. The highest BCUT2D eigenvalue weighted by Crippen LogP contribution is 2.30. The summed E-state index contributed by atoms with van der Waals surface area (Å²) in [5.41, 5.74) is 3.33. The number of carbonyl (C=O) groups excluding carboxylic acids is 1. The van der Waals surface area contributed by atoms with Crippen LogP contribution in [0.15, 0.2) is 64.7 Å². The molecule has 34 heavy (non-hydrogen) atoms. The predicted molar refractivity (Wildman–Crippen MR) is 140 cm³/mol. The number of rotatable bonds is 4. The van der Waals surface area contributed by atoms with Crippen LogP contribution >= 0.6 is 23.4 Å². The number of aromatic nitrogens is 3. The van der Waals surface area contributed by atoms with Crippen molar-refractivity contribution in [2.75, 3.05) is 11.6 Å². The van der Waals surface area contributed by atoms with Gasteiger partial charge in [0.05, 0.1) is 0 Å². The van der Waals surface area contributed by atoms with Gasteiger partial charge < -0.3 is 5.32 Å². The van der Waals surface area contributed by atoms with Crippen molar-refractivity contribution in [3.63, 3.8) is 0 Å². The number of halogens is 1. The molecule has 4 aromatic rings. The van der Waals surface area contributed by atoms with Crippen LogP contribution in [0.3, 0.4) is 0 Å². The lowest BCUT2D eigenvalue weighted by atomic mass is 9.87. The molecule has 0 atom stereocenters. The molecule has 2 aromatic carbocycles. The number of nitrogens with one attached hydrogen (secondary N) is 1. The fourth-order valence-electron chi connectivity index (χ4n) is 3.66. The van der Waals surface area contributed by atoms with Gasteiger partial charge >= 0.3 is 0 Å². The van der Waals surface area contributed by atoms with Crippen molar-refractivity contribution in [1.29, 1.82) is 0 Å². The van der Waals surface area contributed by atoms with Gasteiger partial charge in [-0.1, -0.05) is 56.3 Å². The van der Waals surface area contributed by atoms with Gasteiger partial charge in [0.25, 0.3) is 11.5 Å². The Labute approximate surface area is 207 Å². The lowest BCUT2D eigenvalue weighted by molar-refractivity contribution is 0.102. The third kappa shape index (κ3) is 4.72. The Bertz CT molecular complexity index is 1470. The highest BCUT2D eigenvalue weighted by Gasteiger charge is 2.17. The standard InChI is InChI=1S/C26H25ClN4O2S/c1-26(2,3)17-7-6-8-18(13-17)29-23(32)15-9-10-21(27)19(11-15)20-12-16-14-28-25(34-5)30-22(16)31(4)24(20)33/h6-14H,1-5H3,(H,29,32). The molecule has 0 saturated heterocycles. The predicted octanol–water partition coefficient (Wildman–Crippen LogP) is 5.92. The van der Waals surface area contributed by atoms with Gasteiger partial charge in [-0.05, 0) is 53.6 Å². The number of fused-ring (bicyclic) bond motifs is 1. The molecule has 2 heterocycles. The van der Waals surface area contributed by atoms with Gasteiger partial charge in [0.2, 0.25) is 0 Å². The van der Waals surface area contributed by atoms with Crippen molar-refractivity contribution in [2.24, 2.45) is 7.05 Å². The molecule has 0 aliphatic carbocycles. The molecule has 0 aliphatic heterocycles. The van der Waals surface area contributed by atoms with E-state index < -0.39 is 0 Å². The van der Waals surface area contributed by atoms with Crippen LogP contribution in [0.5, 0.6) is 0 Å². The minimum absolute atomic E-state index is 0.0371. The van der Waals surface area contributed by atoms with E-state index in [0.29, 0.717) is 43.6 Å². The molecule has 4 rings (SSSR count). The molecule has 0 spiro atoms. The minimum atomic E-state index is -0.283. The van der Waals surface area contributed by atoms with E-state index in [4.69, 9.17) is 11.6 Å². The summed E-state index contributed by atoms with van der Waals surface area (Å²) in [5, 5.41) is 4.62. The Kier molecular flexibility index (Phi) is 6.51. The van der Waals surface area contributed by atoms with E-state index in [2.05, 4.69) is 36.1 Å². The Morgan fingerprint density at radius 2 is 1.85 bits per heavy atom. The first-order chi connectivity index (χ1) is 16.1. The summed E-state index contributed by atoms with van der Waals surface area (Å²) in [4.78, 5) is 35.0. The van der Waals surface area contributed by atoms with Crippen molar-refractivity contribution in [2.45, 2.75) is 31.3 Å². The van der Waals surface area contributed by atoms with Crippen LogP contribution in [0.2, 0.25) is 5.02 Å². The Morgan fingerprint density at radius 1 is 1.09 bits per heavy atom. The second-order valence-corrected chi connectivity index (χ2v) is 10.2. The number of carbonyl (C=O) groups is 1. The van der Waals surface area contributed by atoms with Crippen molar-refractivity contribution in [3.05, 3.63) is 81.2 Å². The third-order valence-corrected chi connectivity index (χ3v) is 6.51. The van der Waals surface area contributed by atoms with Gasteiger partial charge in [0.15, 0.2) is 5.16 Å². The number of pyridine rings is 1. The van der Waals surface area contributed by atoms with Crippen LogP contribution in [0.4, 0.5) is 5.69 Å². The number of hydrogen-bond acceptors (Lipinski definition) is 5. The Balaban J connectivity index is 1.73. The minimum Gasteiger partial charge on any atom is -0.322 e. The molecule has 6 nitrogen and oxygen atoms in total. The molecule has 1 N–H and O–H groups in total. The maximum Gasteiger partial charge on any atom is 0.259 e. The molecule has 174 valence electrons. The molecule has 1 amide bonds. The zero-order valence-corrected chi connectivity index (χ0v) is 21.2. The molecular formula is C26H25ClN4O2S. The molecule has 2 aromatic heterocycles. The van der Waals surface area contributed by atoms with E-state index in [1.54, 1.807) is 37.5 Å². The van der Waals surface area contributed by atoms with E-state index in [-0.39, 0.29) is 16.9 Å². The van der Waals surface area contributed by atoms with Gasteiger partial charge in [-0.2, -0.15) is 0 Å². The highest BCUT2D eigenvalue weighted by molar-refractivity contribution is 7.98. The molecule has 0 radical (unpaired) electrons. The molecule has 0 unspecified atom stereocenters. The second kappa shape index (κ2) is 9.24. The van der Waals surface area contributed by atoms with Gasteiger partial charge in [0, 0.05) is 46.0 Å². The van der Waals surface area contributed by atoms with Crippen molar-refractivity contribution < 1.29 is 4.79 Å². The second-order valence-electron chi connectivity index (χ2n) is 9.04. The number of aryl methyl sites for hydroxylation is 1. The van der Waals surface area contributed by atoms with Gasteiger partial charge in [-0.15, -0.1) is 0 Å². The van der Waals surface area contributed by atoms with E-state index >= 15 is 0 Å². The van der Waals surface area contributed by atoms with Gasteiger partial charge in [0.1, 0.15) is 5.65 Å². The zero-order valence-electron chi connectivity index (χ0n) is 19.6. The van der Waals surface area contributed by atoms with Crippen LogP contribution in [0, 0.1) is 0 Å². The number of amides is 1. The van der Waals surface area contributed by atoms with E-state index in [9.17, 15) is 9.59 Å². The van der Waals surface area contributed by atoms with Crippen molar-refractivity contribution in [3.8, 4) is 11.1 Å². The molecule has 0 saturated carbocycles. The average molecular weight is 493 g/mol. The number of benzene rings is 2. The number of nitrogens with zero attached hydrogens (tertiary/aromatic N) is 3. The van der Waals surface area contributed by atoms with E-state index in [0.717, 1.165) is 5.56 Å². The first kappa shape index (κ1) is 24.0. The van der Waals surface area contributed by atoms with E-state index in [1.807, 2.05) is 30.5 Å². The maximum atomic E-state index is 13.2. The monoisotopic (exact) mass is 492 g/mol. The van der Waals surface area contributed by atoms with Crippen molar-refractivity contribution in [1.82, 2.24) is 14.5 Å². The average Bonchev–Trinajstić information content (AvgIpc) is 2.81. The molecule has 0 fully saturated rings. The normalized spacial score (nSPS) is 11.6. The molecule has 0 aliphatic rings. The lowest BCUT2D eigenvalue weighted by Crippen LogP contribution is -2.20. The Hall–Kier alpha value is -3.16. The van der Waals surface area contributed by atoms with Gasteiger partial charge in [-0.3, -0.25) is 14.2 Å². The first-order valence-electron chi connectivity index (χ1n) is 10.7. The number of thioether (sulfide) groups is 1. The van der Waals surface area contributed by atoms with Gasteiger partial charge in [-0.25, -0.2) is 9.97 Å². The summed E-state index contributed by atoms with van der Waals surface area (Å²) >= 11 is 7.88. The maximum absolute atomic E-state index is 13.2. The summed E-state index contributed by atoms with van der Waals surface area (Å²) in [6, 6.07) is 14.4. The van der Waals surface area contributed by atoms with Crippen LogP contribution in [-0.2, 0) is 12.5 Å². The smallest absolute Gasteiger partial charge is 0.259 e. The third-order valence-electron chi connectivity index (χ3n) is 5.61. The summed E-state index contributed by atoms with van der Waals surface area (Å²) in [5.74, 6) is -0.283. The molecule has 8 heteroatoms. The quantitative estimate of drug-likeness (QED) is 0.282. The van der Waals surface area contributed by atoms with E-state index in [1.165, 1.54) is 16.3 Å². The highest BCUT2D eigenvalue weighted by atomic mass is 35.5. The lowest BCUT2D eigenvalue weighted by Gasteiger charge is -2.20. The topological polar surface area (TPSA) is 76.9 Å². The fourth-order valence-corrected chi connectivity index (χ4v) is 4.22. The first-order valence-corrected chi connectivity index (χ1v) is 12.3. The van der Waals surface area contributed by atoms with Crippen LogP contribution < -0.4 is 10.9 Å². The van der Waals surface area contributed by atoms with Crippen LogP contribution in [0.25, 0.3) is 22.2 Å². The van der Waals surface area contributed by atoms with Crippen LogP contribution in [-0.4, -0.2) is 26.7 Å².